The Morgan fingerprint density at radius 2 is 1.88 bits per heavy atom. The molecule has 0 radical (unpaired) electrons. The van der Waals surface area contributed by atoms with Crippen molar-refractivity contribution in [2.45, 2.75) is 19.4 Å². The van der Waals surface area contributed by atoms with Gasteiger partial charge in [-0.1, -0.05) is 0 Å². The second-order valence-electron chi connectivity index (χ2n) is 3.74. The Morgan fingerprint density at radius 1 is 1.25 bits per heavy atom. The molecule has 0 fully saturated rings. The maximum absolute atomic E-state index is 11.8. The third kappa shape index (κ3) is 1.60. The second kappa shape index (κ2) is 4.04. The average molecular weight is 222 g/mol. The first-order chi connectivity index (χ1) is 7.67. The highest BCUT2D eigenvalue weighted by Gasteiger charge is 2.29. The van der Waals surface area contributed by atoms with Crippen molar-refractivity contribution in [2.75, 3.05) is 14.2 Å². The van der Waals surface area contributed by atoms with Gasteiger partial charge in [-0.25, -0.2) is 4.79 Å². The molecule has 1 unspecified atom stereocenters. The Kier molecular flexibility index (Phi) is 2.73. The lowest BCUT2D eigenvalue weighted by molar-refractivity contribution is 0.0294. The van der Waals surface area contributed by atoms with E-state index in [0.717, 1.165) is 5.56 Å². The smallest absolute Gasteiger partial charge is 0.342 e. The number of methoxy groups -OCH3 is 2. The highest BCUT2D eigenvalue weighted by atomic mass is 16.5. The van der Waals surface area contributed by atoms with Crippen molar-refractivity contribution in [1.82, 2.24) is 0 Å². The molecule has 1 aliphatic heterocycles. The summed E-state index contributed by atoms with van der Waals surface area (Å²) in [5.74, 6) is 0.900. The summed E-state index contributed by atoms with van der Waals surface area (Å²) in [6.07, 6.45) is 0.530. The highest BCUT2D eigenvalue weighted by Crippen LogP contribution is 2.35. The Morgan fingerprint density at radius 3 is 2.50 bits per heavy atom. The number of esters is 1. The lowest BCUT2D eigenvalue weighted by Crippen LogP contribution is -2.26. The van der Waals surface area contributed by atoms with Crippen LogP contribution >= 0.6 is 0 Å². The van der Waals surface area contributed by atoms with E-state index in [1.807, 2.05) is 13.0 Å². The minimum atomic E-state index is -0.343. The monoisotopic (exact) mass is 222 g/mol. The first kappa shape index (κ1) is 10.8. The van der Waals surface area contributed by atoms with Crippen molar-refractivity contribution < 1.29 is 19.0 Å². The zero-order chi connectivity index (χ0) is 11.7. The molecule has 0 amide bonds. The number of benzene rings is 1. The number of carbonyl (C=O) groups is 1. The van der Waals surface area contributed by atoms with Gasteiger partial charge in [0.25, 0.3) is 0 Å². The molecule has 1 aromatic carbocycles. The van der Waals surface area contributed by atoms with Crippen LogP contribution in [0.25, 0.3) is 0 Å². The molecule has 0 saturated carbocycles. The van der Waals surface area contributed by atoms with E-state index in [-0.39, 0.29) is 12.1 Å². The molecule has 16 heavy (non-hydrogen) atoms. The number of rotatable bonds is 2. The third-order valence-corrected chi connectivity index (χ3v) is 2.68. The largest absolute Gasteiger partial charge is 0.496 e. The van der Waals surface area contributed by atoms with Gasteiger partial charge < -0.3 is 14.2 Å². The average Bonchev–Trinajstić information content (AvgIpc) is 2.27. The summed E-state index contributed by atoms with van der Waals surface area (Å²) in [5, 5.41) is 0. The summed E-state index contributed by atoms with van der Waals surface area (Å²) in [4.78, 5) is 11.8. The quantitative estimate of drug-likeness (QED) is 0.716. The van der Waals surface area contributed by atoms with Crippen LogP contribution < -0.4 is 9.47 Å². The number of cyclic esters (lactones) is 1. The van der Waals surface area contributed by atoms with Crippen LogP contribution in [0.15, 0.2) is 12.1 Å². The molecule has 4 heteroatoms. The summed E-state index contributed by atoms with van der Waals surface area (Å²) in [5.41, 5.74) is 1.35. The van der Waals surface area contributed by atoms with Crippen LogP contribution in [0, 0.1) is 0 Å². The van der Waals surface area contributed by atoms with Gasteiger partial charge in [0.15, 0.2) is 0 Å². The van der Waals surface area contributed by atoms with Gasteiger partial charge in [0.1, 0.15) is 23.2 Å². The van der Waals surface area contributed by atoms with E-state index in [1.165, 1.54) is 7.11 Å². The molecule has 1 aromatic rings. The van der Waals surface area contributed by atoms with E-state index in [4.69, 9.17) is 14.2 Å². The zero-order valence-electron chi connectivity index (χ0n) is 9.57. The Bertz CT molecular complexity index is 425. The van der Waals surface area contributed by atoms with Crippen molar-refractivity contribution in [1.29, 1.82) is 0 Å². The van der Waals surface area contributed by atoms with E-state index in [0.29, 0.717) is 23.5 Å². The van der Waals surface area contributed by atoms with Gasteiger partial charge in [-0.3, -0.25) is 0 Å². The van der Waals surface area contributed by atoms with Gasteiger partial charge in [0.2, 0.25) is 0 Å². The predicted octanol–water partition coefficient (Wildman–Crippen LogP) is 1.81. The SMILES string of the molecule is COc1ccc(OC)c2c1CC(C)OC2=O. The second-order valence-corrected chi connectivity index (χ2v) is 3.74. The maximum Gasteiger partial charge on any atom is 0.342 e. The molecule has 1 aliphatic rings. The number of fused-ring (bicyclic) bond motifs is 1. The summed E-state index contributed by atoms with van der Waals surface area (Å²) in [7, 11) is 3.13. The van der Waals surface area contributed by atoms with Crippen molar-refractivity contribution in [3.05, 3.63) is 23.3 Å². The van der Waals surface area contributed by atoms with Gasteiger partial charge in [-0.05, 0) is 19.1 Å². The zero-order valence-corrected chi connectivity index (χ0v) is 9.57. The van der Waals surface area contributed by atoms with Crippen LogP contribution in [0.5, 0.6) is 11.5 Å². The van der Waals surface area contributed by atoms with E-state index in [9.17, 15) is 4.79 Å². The fourth-order valence-electron chi connectivity index (χ4n) is 1.97. The molecule has 0 aromatic heterocycles. The molecule has 0 spiro atoms. The number of carbonyl (C=O) groups excluding carboxylic acids is 1. The van der Waals surface area contributed by atoms with Crippen molar-refractivity contribution in [3.8, 4) is 11.5 Å². The summed E-state index contributed by atoms with van der Waals surface area (Å²) < 4.78 is 15.6. The van der Waals surface area contributed by atoms with Crippen molar-refractivity contribution in [2.24, 2.45) is 0 Å². The topological polar surface area (TPSA) is 44.8 Å². The van der Waals surface area contributed by atoms with E-state index < -0.39 is 0 Å². The number of hydrogen-bond donors (Lipinski definition) is 0. The standard InChI is InChI=1S/C12H14O4/c1-7-6-8-9(14-2)4-5-10(15-3)11(8)12(13)16-7/h4-5,7H,6H2,1-3H3. The molecule has 2 rings (SSSR count). The van der Waals surface area contributed by atoms with Gasteiger partial charge >= 0.3 is 5.97 Å². The summed E-state index contributed by atoms with van der Waals surface area (Å²) >= 11 is 0. The van der Waals surface area contributed by atoms with Crippen LogP contribution in [0.1, 0.15) is 22.8 Å². The summed E-state index contributed by atoms with van der Waals surface area (Å²) in [6, 6.07) is 3.53. The Hall–Kier alpha value is -1.71. The summed E-state index contributed by atoms with van der Waals surface area (Å²) in [6.45, 7) is 1.86. The molecule has 0 saturated heterocycles. The first-order valence-electron chi connectivity index (χ1n) is 5.12. The maximum atomic E-state index is 11.8. The normalized spacial score (nSPS) is 18.7. The van der Waals surface area contributed by atoms with E-state index >= 15 is 0 Å². The van der Waals surface area contributed by atoms with Crippen LogP contribution in [0.3, 0.4) is 0 Å². The molecule has 1 heterocycles. The van der Waals surface area contributed by atoms with Crippen LogP contribution in [-0.2, 0) is 11.2 Å². The van der Waals surface area contributed by atoms with Gasteiger partial charge in [0.05, 0.1) is 14.2 Å². The number of ether oxygens (including phenoxy) is 3. The molecule has 4 nitrogen and oxygen atoms in total. The lowest BCUT2D eigenvalue weighted by Gasteiger charge is -2.24. The fourth-order valence-corrected chi connectivity index (χ4v) is 1.97. The Labute approximate surface area is 94.1 Å². The van der Waals surface area contributed by atoms with Crippen LogP contribution in [-0.4, -0.2) is 26.3 Å². The van der Waals surface area contributed by atoms with Crippen LogP contribution in [0.2, 0.25) is 0 Å². The van der Waals surface area contributed by atoms with Crippen molar-refractivity contribution >= 4 is 5.97 Å². The van der Waals surface area contributed by atoms with E-state index in [1.54, 1.807) is 13.2 Å². The van der Waals surface area contributed by atoms with Gasteiger partial charge in [-0.2, -0.15) is 0 Å². The molecular weight excluding hydrogens is 208 g/mol. The molecule has 86 valence electrons. The van der Waals surface area contributed by atoms with Gasteiger partial charge in [-0.15, -0.1) is 0 Å². The fraction of sp³-hybridized carbons (Fsp3) is 0.417. The third-order valence-electron chi connectivity index (χ3n) is 2.68. The minimum absolute atomic E-state index is 0.124. The van der Waals surface area contributed by atoms with E-state index in [2.05, 4.69) is 0 Å². The number of hydrogen-bond acceptors (Lipinski definition) is 4. The minimum Gasteiger partial charge on any atom is -0.496 e. The molecule has 0 bridgehead atoms. The Balaban J connectivity index is 2.61. The molecule has 1 atom stereocenters. The molecule has 0 aliphatic carbocycles. The lowest BCUT2D eigenvalue weighted by atomic mass is 9.97. The molecule has 0 N–H and O–H groups in total. The highest BCUT2D eigenvalue weighted by molar-refractivity contribution is 5.96. The first-order valence-corrected chi connectivity index (χ1v) is 5.12. The predicted molar refractivity (Wildman–Crippen MR) is 58.1 cm³/mol. The molecular formula is C12H14O4. The van der Waals surface area contributed by atoms with Crippen LogP contribution in [0.4, 0.5) is 0 Å². The van der Waals surface area contributed by atoms with Crippen molar-refractivity contribution in [3.63, 3.8) is 0 Å². The van der Waals surface area contributed by atoms with Gasteiger partial charge in [0, 0.05) is 12.0 Å².